The van der Waals surface area contributed by atoms with Crippen molar-refractivity contribution in [1.29, 1.82) is 5.26 Å². The normalized spacial score (nSPS) is 22.0. The molecule has 1 fully saturated rings. The van der Waals surface area contributed by atoms with Crippen LogP contribution in [0, 0.1) is 11.3 Å². The monoisotopic (exact) mass is 190 g/mol. The Morgan fingerprint density at radius 3 is 2.75 bits per heavy atom. The highest BCUT2D eigenvalue weighted by Crippen LogP contribution is 2.14. The maximum absolute atomic E-state index is 11.3. The predicted octanol–water partition coefficient (Wildman–Crippen LogP) is -0.134. The highest BCUT2D eigenvalue weighted by atomic mass is 32.2. The van der Waals surface area contributed by atoms with Crippen LogP contribution in [-0.2, 0) is 14.9 Å². The Morgan fingerprint density at radius 1 is 1.67 bits per heavy atom. The standard InChI is InChI=1S/C6H10N2O3S/c1-6(5-7)12(9,10)8-3-2-4-11-8/h6H,2-4H2,1H3. The second-order valence-corrected chi connectivity index (χ2v) is 4.67. The van der Waals surface area contributed by atoms with Crippen LogP contribution < -0.4 is 0 Å². The minimum atomic E-state index is -3.54. The molecule has 1 aliphatic heterocycles. The predicted molar refractivity (Wildman–Crippen MR) is 41.3 cm³/mol. The Bertz CT molecular complexity index is 286. The Hall–Kier alpha value is -0.640. The molecule has 0 aromatic heterocycles. The summed E-state index contributed by atoms with van der Waals surface area (Å²) in [7, 11) is -3.54. The third-order valence-electron chi connectivity index (χ3n) is 1.63. The molecule has 5 nitrogen and oxygen atoms in total. The van der Waals surface area contributed by atoms with Gasteiger partial charge in [-0.25, -0.2) is 8.42 Å². The lowest BCUT2D eigenvalue weighted by molar-refractivity contribution is -0.0288. The van der Waals surface area contributed by atoms with Gasteiger partial charge in [0.1, 0.15) is 0 Å². The van der Waals surface area contributed by atoms with Crippen molar-refractivity contribution in [1.82, 2.24) is 4.47 Å². The van der Waals surface area contributed by atoms with Crippen LogP contribution in [0.5, 0.6) is 0 Å². The molecule has 0 saturated carbocycles. The van der Waals surface area contributed by atoms with E-state index in [1.165, 1.54) is 6.92 Å². The molecule has 1 rings (SSSR count). The lowest BCUT2D eigenvalue weighted by atomic mass is 10.5. The molecule has 0 radical (unpaired) electrons. The molecule has 68 valence electrons. The van der Waals surface area contributed by atoms with E-state index in [9.17, 15) is 8.42 Å². The van der Waals surface area contributed by atoms with Gasteiger partial charge in [-0.1, -0.05) is 4.47 Å². The minimum absolute atomic E-state index is 0.356. The van der Waals surface area contributed by atoms with E-state index >= 15 is 0 Å². The van der Waals surface area contributed by atoms with Crippen LogP contribution in [0.2, 0.25) is 0 Å². The number of nitrogens with zero attached hydrogens (tertiary/aromatic N) is 2. The summed E-state index contributed by atoms with van der Waals surface area (Å²) in [5.74, 6) is 0. The fraction of sp³-hybridized carbons (Fsp3) is 0.833. The van der Waals surface area contributed by atoms with Crippen molar-refractivity contribution in [2.75, 3.05) is 13.2 Å². The first-order chi connectivity index (χ1) is 5.59. The average molecular weight is 190 g/mol. The van der Waals surface area contributed by atoms with Crippen LogP contribution in [0.1, 0.15) is 13.3 Å². The van der Waals surface area contributed by atoms with Gasteiger partial charge in [-0.3, -0.25) is 4.84 Å². The van der Waals surface area contributed by atoms with Crippen molar-refractivity contribution >= 4 is 10.0 Å². The first kappa shape index (κ1) is 9.45. The van der Waals surface area contributed by atoms with Crippen LogP contribution in [0.25, 0.3) is 0 Å². The van der Waals surface area contributed by atoms with Crippen LogP contribution in [0.3, 0.4) is 0 Å². The highest BCUT2D eigenvalue weighted by molar-refractivity contribution is 7.89. The topological polar surface area (TPSA) is 70.4 Å². The molecule has 0 amide bonds. The molecule has 1 saturated heterocycles. The van der Waals surface area contributed by atoms with Gasteiger partial charge in [0.15, 0.2) is 5.25 Å². The molecular formula is C6H10N2O3S. The van der Waals surface area contributed by atoms with Crippen LogP contribution >= 0.6 is 0 Å². The number of hydroxylamine groups is 1. The van der Waals surface area contributed by atoms with Gasteiger partial charge in [-0.15, -0.1) is 0 Å². The van der Waals surface area contributed by atoms with Gasteiger partial charge in [0.25, 0.3) is 10.0 Å². The van der Waals surface area contributed by atoms with E-state index in [0.717, 1.165) is 4.47 Å². The molecule has 12 heavy (non-hydrogen) atoms. The molecule has 0 bridgehead atoms. The largest absolute Gasteiger partial charge is 0.284 e. The smallest absolute Gasteiger partial charge is 0.252 e. The average Bonchev–Trinajstić information content (AvgIpc) is 2.55. The second kappa shape index (κ2) is 3.39. The van der Waals surface area contributed by atoms with Crippen molar-refractivity contribution in [3.05, 3.63) is 0 Å². The van der Waals surface area contributed by atoms with Gasteiger partial charge < -0.3 is 0 Å². The molecule has 1 heterocycles. The first-order valence-electron chi connectivity index (χ1n) is 3.63. The van der Waals surface area contributed by atoms with E-state index in [2.05, 4.69) is 0 Å². The number of rotatable bonds is 2. The molecule has 0 aromatic rings. The van der Waals surface area contributed by atoms with E-state index in [0.29, 0.717) is 19.6 Å². The molecule has 0 spiro atoms. The third kappa shape index (κ3) is 1.58. The van der Waals surface area contributed by atoms with Gasteiger partial charge >= 0.3 is 0 Å². The maximum Gasteiger partial charge on any atom is 0.252 e. The number of hydrogen-bond acceptors (Lipinski definition) is 4. The summed E-state index contributed by atoms with van der Waals surface area (Å²) in [5.41, 5.74) is 0. The molecular weight excluding hydrogens is 180 g/mol. The Morgan fingerprint density at radius 2 is 2.33 bits per heavy atom. The van der Waals surface area contributed by atoms with E-state index in [4.69, 9.17) is 10.1 Å². The number of sulfonamides is 1. The maximum atomic E-state index is 11.3. The lowest BCUT2D eigenvalue weighted by Crippen LogP contribution is -2.33. The molecule has 0 aliphatic carbocycles. The van der Waals surface area contributed by atoms with Crippen LogP contribution in [0.15, 0.2) is 0 Å². The fourth-order valence-corrected chi connectivity index (χ4v) is 1.96. The molecule has 0 aromatic carbocycles. The minimum Gasteiger partial charge on any atom is -0.284 e. The van der Waals surface area contributed by atoms with Gasteiger partial charge in [0.05, 0.1) is 12.7 Å². The van der Waals surface area contributed by atoms with Crippen molar-refractivity contribution in [2.45, 2.75) is 18.6 Å². The first-order valence-corrected chi connectivity index (χ1v) is 5.13. The summed E-state index contributed by atoms with van der Waals surface area (Å²) in [4.78, 5) is 4.83. The van der Waals surface area contributed by atoms with Crippen LogP contribution in [0.4, 0.5) is 0 Å². The van der Waals surface area contributed by atoms with Crippen molar-refractivity contribution in [3.63, 3.8) is 0 Å². The Balaban J connectivity index is 2.79. The summed E-state index contributed by atoms with van der Waals surface area (Å²) < 4.78 is 23.6. The van der Waals surface area contributed by atoms with Gasteiger partial charge in [-0.2, -0.15) is 5.26 Å². The van der Waals surface area contributed by atoms with Gasteiger partial charge in [0, 0.05) is 6.54 Å². The third-order valence-corrected chi connectivity index (χ3v) is 3.49. The molecule has 0 N–H and O–H groups in total. The number of hydrogen-bond donors (Lipinski definition) is 0. The van der Waals surface area contributed by atoms with E-state index in [1.54, 1.807) is 6.07 Å². The fourth-order valence-electron chi connectivity index (χ4n) is 0.868. The zero-order valence-corrected chi connectivity index (χ0v) is 7.54. The highest BCUT2D eigenvalue weighted by Gasteiger charge is 2.32. The van der Waals surface area contributed by atoms with E-state index in [1.807, 2.05) is 0 Å². The van der Waals surface area contributed by atoms with Crippen molar-refractivity contribution < 1.29 is 13.3 Å². The molecule has 1 atom stereocenters. The number of nitriles is 1. The SMILES string of the molecule is CC(C#N)S(=O)(=O)N1CCCO1. The molecule has 1 aliphatic rings. The Kier molecular flexibility index (Phi) is 2.67. The van der Waals surface area contributed by atoms with Crippen molar-refractivity contribution in [3.8, 4) is 6.07 Å². The van der Waals surface area contributed by atoms with Gasteiger partial charge in [0.2, 0.25) is 0 Å². The summed E-state index contributed by atoms with van der Waals surface area (Å²) in [6, 6.07) is 1.67. The zero-order chi connectivity index (χ0) is 9.19. The Labute approximate surface area is 71.5 Å². The lowest BCUT2D eigenvalue weighted by Gasteiger charge is -2.14. The summed E-state index contributed by atoms with van der Waals surface area (Å²) in [6.07, 6.45) is 0.692. The van der Waals surface area contributed by atoms with Crippen molar-refractivity contribution in [2.24, 2.45) is 0 Å². The second-order valence-electron chi connectivity index (χ2n) is 2.53. The summed E-state index contributed by atoms with van der Waals surface area (Å²) in [6.45, 7) is 2.11. The molecule has 1 unspecified atom stereocenters. The van der Waals surface area contributed by atoms with E-state index < -0.39 is 15.3 Å². The summed E-state index contributed by atoms with van der Waals surface area (Å²) >= 11 is 0. The molecule has 6 heteroatoms. The summed E-state index contributed by atoms with van der Waals surface area (Å²) in [5, 5.41) is 7.39. The zero-order valence-electron chi connectivity index (χ0n) is 6.73. The van der Waals surface area contributed by atoms with Crippen LogP contribution in [-0.4, -0.2) is 31.3 Å². The van der Waals surface area contributed by atoms with E-state index in [-0.39, 0.29) is 0 Å². The van der Waals surface area contributed by atoms with Gasteiger partial charge in [-0.05, 0) is 13.3 Å². The quantitative estimate of drug-likeness (QED) is 0.608.